The van der Waals surface area contributed by atoms with Crippen LogP contribution in [0.5, 0.6) is 0 Å². The molecule has 1 saturated heterocycles. The summed E-state index contributed by atoms with van der Waals surface area (Å²) in [6.45, 7) is 10.0. The number of hydrogen-bond acceptors (Lipinski definition) is 2. The van der Waals surface area contributed by atoms with Crippen molar-refractivity contribution in [2.24, 2.45) is 0 Å². The van der Waals surface area contributed by atoms with Crippen molar-refractivity contribution < 1.29 is 0 Å². The van der Waals surface area contributed by atoms with E-state index in [0.717, 1.165) is 42.0 Å². The van der Waals surface area contributed by atoms with E-state index < -0.39 is 0 Å². The second-order valence-corrected chi connectivity index (χ2v) is 7.48. The Balaban J connectivity index is 1.62. The van der Waals surface area contributed by atoms with Crippen LogP contribution in [0, 0.1) is 20.8 Å². The Hall–Kier alpha value is -1.78. The average Bonchev–Trinajstić information content (AvgIpc) is 2.59. The van der Waals surface area contributed by atoms with E-state index in [0.29, 0.717) is 0 Å². The molecule has 132 valence electrons. The lowest BCUT2D eigenvalue weighted by atomic mass is 10.1. The molecular formula is C20H24ClN3S. The van der Waals surface area contributed by atoms with Crippen molar-refractivity contribution in [3.05, 3.63) is 58.1 Å². The fourth-order valence-electron chi connectivity index (χ4n) is 3.22. The van der Waals surface area contributed by atoms with Crippen LogP contribution >= 0.6 is 23.8 Å². The molecule has 0 spiro atoms. The van der Waals surface area contributed by atoms with Gasteiger partial charge in [0.1, 0.15) is 0 Å². The molecule has 2 aromatic carbocycles. The third kappa shape index (κ3) is 4.25. The van der Waals surface area contributed by atoms with E-state index in [1.165, 1.54) is 22.4 Å². The van der Waals surface area contributed by atoms with E-state index in [1.807, 2.05) is 6.07 Å². The smallest absolute Gasteiger partial charge is 0.173 e. The third-order valence-corrected chi connectivity index (χ3v) is 5.30. The van der Waals surface area contributed by atoms with E-state index in [9.17, 15) is 0 Å². The molecule has 0 amide bonds. The van der Waals surface area contributed by atoms with Crippen molar-refractivity contribution in [2.45, 2.75) is 20.8 Å². The van der Waals surface area contributed by atoms with Gasteiger partial charge in [-0.2, -0.15) is 0 Å². The molecule has 0 saturated carbocycles. The normalized spacial score (nSPS) is 14.6. The minimum Gasteiger partial charge on any atom is -0.368 e. The molecule has 25 heavy (non-hydrogen) atoms. The number of anilines is 2. The summed E-state index contributed by atoms with van der Waals surface area (Å²) in [6.07, 6.45) is 0. The highest BCUT2D eigenvalue weighted by Crippen LogP contribution is 2.25. The number of nitrogens with zero attached hydrogens (tertiary/aromatic N) is 2. The first-order valence-corrected chi connectivity index (χ1v) is 9.37. The molecule has 5 heteroatoms. The van der Waals surface area contributed by atoms with Crippen LogP contribution in [0.2, 0.25) is 5.02 Å². The highest BCUT2D eigenvalue weighted by molar-refractivity contribution is 7.80. The summed E-state index contributed by atoms with van der Waals surface area (Å²) in [6, 6.07) is 12.5. The predicted octanol–water partition coefficient (Wildman–Crippen LogP) is 4.78. The van der Waals surface area contributed by atoms with Crippen LogP contribution in [-0.4, -0.2) is 36.2 Å². The lowest BCUT2D eigenvalue weighted by Gasteiger charge is -2.38. The fraction of sp³-hybridized carbons (Fsp3) is 0.350. The van der Waals surface area contributed by atoms with E-state index in [2.05, 4.69) is 66.2 Å². The molecule has 0 unspecified atom stereocenters. The molecular weight excluding hydrogens is 350 g/mol. The maximum Gasteiger partial charge on any atom is 0.173 e. The number of benzene rings is 2. The maximum absolute atomic E-state index is 6.16. The van der Waals surface area contributed by atoms with Crippen molar-refractivity contribution >= 4 is 40.3 Å². The van der Waals surface area contributed by atoms with Gasteiger partial charge >= 0.3 is 0 Å². The second-order valence-electron chi connectivity index (χ2n) is 6.65. The summed E-state index contributed by atoms with van der Waals surface area (Å²) < 4.78 is 0. The summed E-state index contributed by atoms with van der Waals surface area (Å²) >= 11 is 11.8. The van der Waals surface area contributed by atoms with Crippen molar-refractivity contribution in [1.82, 2.24) is 4.90 Å². The largest absolute Gasteiger partial charge is 0.368 e. The van der Waals surface area contributed by atoms with E-state index in [1.54, 1.807) is 0 Å². The zero-order chi connectivity index (χ0) is 18.0. The Labute approximate surface area is 160 Å². The molecule has 0 radical (unpaired) electrons. The van der Waals surface area contributed by atoms with Gasteiger partial charge in [0.15, 0.2) is 5.11 Å². The molecule has 0 aliphatic carbocycles. The van der Waals surface area contributed by atoms with Gasteiger partial charge < -0.3 is 15.1 Å². The van der Waals surface area contributed by atoms with E-state index in [4.69, 9.17) is 23.8 Å². The van der Waals surface area contributed by atoms with Crippen LogP contribution in [0.3, 0.4) is 0 Å². The van der Waals surface area contributed by atoms with Crippen LogP contribution in [0.4, 0.5) is 11.4 Å². The molecule has 3 nitrogen and oxygen atoms in total. The van der Waals surface area contributed by atoms with Crippen molar-refractivity contribution in [1.29, 1.82) is 0 Å². The van der Waals surface area contributed by atoms with Crippen LogP contribution in [-0.2, 0) is 0 Å². The topological polar surface area (TPSA) is 18.5 Å². The fourth-order valence-corrected chi connectivity index (χ4v) is 3.68. The van der Waals surface area contributed by atoms with Gasteiger partial charge in [0.25, 0.3) is 0 Å². The van der Waals surface area contributed by atoms with E-state index >= 15 is 0 Å². The number of piperazine rings is 1. The number of hydrogen-bond donors (Lipinski definition) is 1. The maximum atomic E-state index is 6.16. The van der Waals surface area contributed by atoms with Gasteiger partial charge in [-0.3, -0.25) is 0 Å². The molecule has 1 fully saturated rings. The number of halogens is 1. The Morgan fingerprint density at radius 3 is 2.36 bits per heavy atom. The number of rotatable bonds is 2. The van der Waals surface area contributed by atoms with Gasteiger partial charge in [0, 0.05) is 42.6 Å². The molecule has 2 aromatic rings. The molecule has 1 aliphatic rings. The number of thiocarbonyl (C=S) groups is 1. The Morgan fingerprint density at radius 1 is 0.960 bits per heavy atom. The first-order valence-electron chi connectivity index (χ1n) is 8.58. The van der Waals surface area contributed by atoms with Crippen molar-refractivity contribution in [3.63, 3.8) is 0 Å². The average molecular weight is 374 g/mol. The molecule has 1 heterocycles. The zero-order valence-corrected chi connectivity index (χ0v) is 16.5. The van der Waals surface area contributed by atoms with Gasteiger partial charge in [-0.1, -0.05) is 35.4 Å². The quantitative estimate of drug-likeness (QED) is 0.763. The lowest BCUT2D eigenvalue weighted by Crippen LogP contribution is -2.50. The van der Waals surface area contributed by atoms with Crippen LogP contribution in [0.15, 0.2) is 36.4 Å². The van der Waals surface area contributed by atoms with E-state index in [-0.39, 0.29) is 0 Å². The van der Waals surface area contributed by atoms with Crippen molar-refractivity contribution in [2.75, 3.05) is 36.4 Å². The number of nitrogens with one attached hydrogen (secondary N) is 1. The Bertz CT molecular complexity index is 783. The van der Waals surface area contributed by atoms with Gasteiger partial charge in [0.05, 0.1) is 0 Å². The lowest BCUT2D eigenvalue weighted by molar-refractivity contribution is 0.390. The van der Waals surface area contributed by atoms with Crippen LogP contribution in [0.1, 0.15) is 16.7 Å². The first kappa shape index (κ1) is 18.0. The second kappa shape index (κ2) is 7.63. The summed E-state index contributed by atoms with van der Waals surface area (Å²) in [4.78, 5) is 4.63. The Kier molecular flexibility index (Phi) is 5.50. The van der Waals surface area contributed by atoms with Gasteiger partial charge in [-0.05, 0) is 62.3 Å². The summed E-state index contributed by atoms with van der Waals surface area (Å²) in [5.74, 6) is 0. The molecule has 0 bridgehead atoms. The molecule has 3 rings (SSSR count). The first-order chi connectivity index (χ1) is 11.9. The summed E-state index contributed by atoms with van der Waals surface area (Å²) in [5, 5.41) is 4.99. The molecule has 0 aromatic heterocycles. The van der Waals surface area contributed by atoms with Gasteiger partial charge in [0.2, 0.25) is 0 Å². The SMILES string of the molecule is Cc1ccc(NC(=S)N2CCN(c3cc(Cl)ccc3C)CC2)c(C)c1. The summed E-state index contributed by atoms with van der Waals surface area (Å²) in [5.41, 5.74) is 6.05. The third-order valence-electron chi connectivity index (χ3n) is 4.70. The van der Waals surface area contributed by atoms with Gasteiger partial charge in [-0.25, -0.2) is 0 Å². The van der Waals surface area contributed by atoms with Crippen LogP contribution in [0.25, 0.3) is 0 Å². The van der Waals surface area contributed by atoms with Crippen LogP contribution < -0.4 is 10.2 Å². The molecule has 1 N–H and O–H groups in total. The summed E-state index contributed by atoms with van der Waals surface area (Å²) in [7, 11) is 0. The highest BCUT2D eigenvalue weighted by atomic mass is 35.5. The Morgan fingerprint density at radius 2 is 1.68 bits per heavy atom. The zero-order valence-electron chi connectivity index (χ0n) is 15.0. The number of aryl methyl sites for hydroxylation is 3. The minimum atomic E-state index is 0.787. The van der Waals surface area contributed by atoms with Gasteiger partial charge in [-0.15, -0.1) is 0 Å². The predicted molar refractivity (Wildman–Crippen MR) is 112 cm³/mol. The molecule has 1 aliphatic heterocycles. The molecule has 0 atom stereocenters. The van der Waals surface area contributed by atoms with Crippen molar-refractivity contribution in [3.8, 4) is 0 Å². The minimum absolute atomic E-state index is 0.787. The standard InChI is InChI=1S/C20H24ClN3S/c1-14-4-7-18(16(3)12-14)22-20(25)24-10-8-23(9-11-24)19-13-17(21)6-5-15(19)2/h4-7,12-13H,8-11H2,1-3H3,(H,22,25). The highest BCUT2D eigenvalue weighted by Gasteiger charge is 2.20. The monoisotopic (exact) mass is 373 g/mol.